The SMILES string of the molecule is Cc1cccc(C)c1OCCC(=O)NCC#CCN(C)C. The van der Waals surface area contributed by atoms with Crippen LogP contribution in [0.3, 0.4) is 0 Å². The van der Waals surface area contributed by atoms with E-state index in [1.165, 1.54) is 0 Å². The minimum atomic E-state index is -0.0413. The molecule has 1 aromatic rings. The Hall–Kier alpha value is -1.99. The van der Waals surface area contributed by atoms with Gasteiger partial charge in [-0.05, 0) is 39.1 Å². The molecule has 0 atom stereocenters. The molecule has 0 fully saturated rings. The molecule has 0 saturated heterocycles. The van der Waals surface area contributed by atoms with Crippen molar-refractivity contribution in [2.75, 3.05) is 33.8 Å². The summed E-state index contributed by atoms with van der Waals surface area (Å²) in [5.41, 5.74) is 2.18. The lowest BCUT2D eigenvalue weighted by Gasteiger charge is -2.11. The molecule has 4 heteroatoms. The van der Waals surface area contributed by atoms with Gasteiger partial charge in [0.2, 0.25) is 5.91 Å². The zero-order valence-electron chi connectivity index (χ0n) is 13.3. The molecule has 0 aromatic heterocycles. The van der Waals surface area contributed by atoms with Crippen molar-refractivity contribution in [2.45, 2.75) is 20.3 Å². The van der Waals surface area contributed by atoms with Crippen molar-refractivity contribution in [3.63, 3.8) is 0 Å². The largest absolute Gasteiger partial charge is 0.493 e. The first-order valence-electron chi connectivity index (χ1n) is 7.07. The molecule has 0 radical (unpaired) electrons. The highest BCUT2D eigenvalue weighted by molar-refractivity contribution is 5.76. The Balaban J connectivity index is 2.26. The molecule has 0 aliphatic carbocycles. The maximum Gasteiger partial charge on any atom is 0.224 e. The molecule has 0 bridgehead atoms. The summed E-state index contributed by atoms with van der Waals surface area (Å²) < 4.78 is 5.69. The molecule has 1 aromatic carbocycles. The molecule has 0 spiro atoms. The van der Waals surface area contributed by atoms with Crippen LogP contribution in [-0.4, -0.2) is 44.6 Å². The number of aryl methyl sites for hydroxylation is 2. The molecule has 21 heavy (non-hydrogen) atoms. The molecule has 0 unspecified atom stereocenters. The van der Waals surface area contributed by atoms with Crippen LogP contribution >= 0.6 is 0 Å². The number of hydrogen-bond acceptors (Lipinski definition) is 3. The van der Waals surface area contributed by atoms with Crippen molar-refractivity contribution in [3.05, 3.63) is 29.3 Å². The number of ether oxygens (including phenoxy) is 1. The van der Waals surface area contributed by atoms with Gasteiger partial charge in [0.05, 0.1) is 26.1 Å². The third-order valence-electron chi connectivity index (χ3n) is 2.88. The number of carbonyl (C=O) groups is 1. The standard InChI is InChI=1S/C17H24N2O2/c1-14-8-7-9-15(2)17(14)21-13-10-16(20)18-11-5-6-12-19(3)4/h7-9H,10-13H2,1-4H3,(H,18,20). The first-order chi connectivity index (χ1) is 10.0. The summed E-state index contributed by atoms with van der Waals surface area (Å²) in [4.78, 5) is 13.6. The average molecular weight is 288 g/mol. The molecule has 1 rings (SSSR count). The van der Waals surface area contributed by atoms with Crippen LogP contribution in [0.5, 0.6) is 5.75 Å². The zero-order chi connectivity index (χ0) is 15.7. The Kier molecular flexibility index (Phi) is 7.34. The molecular weight excluding hydrogens is 264 g/mol. The maximum atomic E-state index is 11.6. The highest BCUT2D eigenvalue weighted by Crippen LogP contribution is 2.22. The fraction of sp³-hybridized carbons (Fsp3) is 0.471. The van der Waals surface area contributed by atoms with Gasteiger partial charge in [-0.3, -0.25) is 9.69 Å². The fourth-order valence-electron chi connectivity index (χ4n) is 1.78. The van der Waals surface area contributed by atoms with Crippen molar-refractivity contribution in [1.82, 2.24) is 10.2 Å². The highest BCUT2D eigenvalue weighted by Gasteiger charge is 2.05. The lowest BCUT2D eigenvalue weighted by molar-refractivity contribution is -0.121. The van der Waals surface area contributed by atoms with E-state index >= 15 is 0 Å². The first kappa shape index (κ1) is 17.1. The molecule has 0 aliphatic heterocycles. The minimum absolute atomic E-state index is 0.0413. The summed E-state index contributed by atoms with van der Waals surface area (Å²) in [7, 11) is 3.91. The molecule has 1 amide bonds. The molecule has 114 valence electrons. The second-order valence-corrected chi connectivity index (χ2v) is 5.19. The highest BCUT2D eigenvalue weighted by atomic mass is 16.5. The number of rotatable bonds is 6. The predicted molar refractivity (Wildman–Crippen MR) is 85.4 cm³/mol. The van der Waals surface area contributed by atoms with E-state index in [0.29, 0.717) is 26.1 Å². The van der Waals surface area contributed by atoms with Gasteiger partial charge >= 0.3 is 0 Å². The topological polar surface area (TPSA) is 41.6 Å². The van der Waals surface area contributed by atoms with Crippen LogP contribution in [0.15, 0.2) is 18.2 Å². The number of benzene rings is 1. The molecule has 0 aliphatic rings. The number of carbonyl (C=O) groups excluding carboxylic acids is 1. The van der Waals surface area contributed by atoms with E-state index in [9.17, 15) is 4.79 Å². The van der Waals surface area contributed by atoms with Gasteiger partial charge in [-0.15, -0.1) is 0 Å². The summed E-state index contributed by atoms with van der Waals surface area (Å²) >= 11 is 0. The van der Waals surface area contributed by atoms with Gasteiger partial charge in [0.1, 0.15) is 5.75 Å². The molecule has 0 saturated carbocycles. The lowest BCUT2D eigenvalue weighted by atomic mass is 10.1. The van der Waals surface area contributed by atoms with Gasteiger partial charge < -0.3 is 10.1 Å². The summed E-state index contributed by atoms with van der Waals surface area (Å²) in [5.74, 6) is 6.71. The smallest absolute Gasteiger partial charge is 0.224 e. The van der Waals surface area contributed by atoms with Gasteiger partial charge in [-0.25, -0.2) is 0 Å². The lowest BCUT2D eigenvalue weighted by Crippen LogP contribution is -2.25. The Morgan fingerprint density at radius 2 is 1.90 bits per heavy atom. The Morgan fingerprint density at radius 3 is 2.52 bits per heavy atom. The van der Waals surface area contributed by atoms with E-state index in [2.05, 4.69) is 17.2 Å². The molecule has 0 heterocycles. The van der Waals surface area contributed by atoms with Crippen LogP contribution < -0.4 is 10.1 Å². The number of hydrogen-bond donors (Lipinski definition) is 1. The number of para-hydroxylation sites is 1. The van der Waals surface area contributed by atoms with Crippen LogP contribution in [-0.2, 0) is 4.79 Å². The molecular formula is C17H24N2O2. The van der Waals surface area contributed by atoms with E-state index < -0.39 is 0 Å². The molecule has 4 nitrogen and oxygen atoms in total. The Morgan fingerprint density at radius 1 is 1.24 bits per heavy atom. The fourth-order valence-corrected chi connectivity index (χ4v) is 1.78. The number of nitrogens with one attached hydrogen (secondary N) is 1. The van der Waals surface area contributed by atoms with Crippen molar-refractivity contribution in [2.24, 2.45) is 0 Å². The van der Waals surface area contributed by atoms with Gasteiger partial charge in [0.15, 0.2) is 0 Å². The number of amides is 1. The number of nitrogens with zero attached hydrogens (tertiary/aromatic N) is 1. The van der Waals surface area contributed by atoms with Crippen LogP contribution in [0.2, 0.25) is 0 Å². The Bertz CT molecular complexity index is 507. The van der Waals surface area contributed by atoms with Crippen molar-refractivity contribution >= 4 is 5.91 Å². The zero-order valence-corrected chi connectivity index (χ0v) is 13.3. The van der Waals surface area contributed by atoms with Gasteiger partial charge in [-0.2, -0.15) is 0 Å². The monoisotopic (exact) mass is 288 g/mol. The summed E-state index contributed by atoms with van der Waals surface area (Å²) in [6.07, 6.45) is 0.336. The van der Waals surface area contributed by atoms with E-state index in [4.69, 9.17) is 4.74 Å². The predicted octanol–water partition coefficient (Wildman–Crippen LogP) is 1.75. The van der Waals surface area contributed by atoms with Crippen LogP contribution in [0, 0.1) is 25.7 Å². The summed E-state index contributed by atoms with van der Waals surface area (Å²) in [6, 6.07) is 6.00. The summed E-state index contributed by atoms with van der Waals surface area (Å²) in [5, 5.41) is 2.76. The van der Waals surface area contributed by atoms with E-state index in [1.807, 2.05) is 51.0 Å². The third kappa shape index (κ3) is 6.82. The quantitative estimate of drug-likeness (QED) is 0.811. The van der Waals surface area contributed by atoms with E-state index in [1.54, 1.807) is 0 Å². The second-order valence-electron chi connectivity index (χ2n) is 5.19. The van der Waals surface area contributed by atoms with Crippen LogP contribution in [0.25, 0.3) is 0 Å². The van der Waals surface area contributed by atoms with E-state index in [0.717, 1.165) is 16.9 Å². The second kappa shape index (κ2) is 9.04. The van der Waals surface area contributed by atoms with Crippen molar-refractivity contribution in [3.8, 4) is 17.6 Å². The third-order valence-corrected chi connectivity index (χ3v) is 2.88. The van der Waals surface area contributed by atoms with Gasteiger partial charge in [0, 0.05) is 0 Å². The summed E-state index contributed by atoms with van der Waals surface area (Å²) in [6.45, 7) is 5.47. The van der Waals surface area contributed by atoms with Crippen molar-refractivity contribution < 1.29 is 9.53 Å². The average Bonchev–Trinajstić information content (AvgIpc) is 2.41. The van der Waals surface area contributed by atoms with E-state index in [-0.39, 0.29) is 5.91 Å². The maximum absolute atomic E-state index is 11.6. The van der Waals surface area contributed by atoms with Gasteiger partial charge in [0.25, 0.3) is 0 Å². The normalized spacial score (nSPS) is 9.95. The van der Waals surface area contributed by atoms with Crippen LogP contribution in [0.4, 0.5) is 0 Å². The Labute approximate surface area is 127 Å². The van der Waals surface area contributed by atoms with Crippen LogP contribution in [0.1, 0.15) is 17.5 Å². The molecule has 1 N–H and O–H groups in total. The van der Waals surface area contributed by atoms with Gasteiger partial charge in [-0.1, -0.05) is 30.0 Å². The first-order valence-corrected chi connectivity index (χ1v) is 7.07. The van der Waals surface area contributed by atoms with Crippen molar-refractivity contribution in [1.29, 1.82) is 0 Å². The minimum Gasteiger partial charge on any atom is -0.493 e.